The van der Waals surface area contributed by atoms with Gasteiger partial charge in [-0.2, -0.15) is 0 Å². The zero-order valence-electron chi connectivity index (χ0n) is 11.5. The van der Waals surface area contributed by atoms with Crippen molar-refractivity contribution in [2.45, 2.75) is 53.1 Å². The summed E-state index contributed by atoms with van der Waals surface area (Å²) < 4.78 is 7.70. The Morgan fingerprint density at radius 2 is 2.18 bits per heavy atom. The van der Waals surface area contributed by atoms with Crippen LogP contribution < -0.4 is 5.32 Å². The zero-order chi connectivity index (χ0) is 12.7. The highest BCUT2D eigenvalue weighted by molar-refractivity contribution is 5.29. The number of hydrogen-bond acceptors (Lipinski definition) is 3. The number of anilines is 1. The van der Waals surface area contributed by atoms with Crippen LogP contribution in [0.5, 0.6) is 0 Å². The van der Waals surface area contributed by atoms with Crippen LogP contribution in [0.4, 0.5) is 5.95 Å². The molecule has 1 aromatic rings. The standard InChI is InChI=1S/C13H25N3O/c1-5-6-8-17-9-7-16-10-12(4)15-13(16)14-11(2)3/h10-11H,5-9H2,1-4H3,(H,14,15). The molecule has 0 unspecified atom stereocenters. The third-order valence-electron chi connectivity index (χ3n) is 2.43. The molecule has 0 radical (unpaired) electrons. The molecule has 17 heavy (non-hydrogen) atoms. The first-order valence-corrected chi connectivity index (χ1v) is 6.51. The monoisotopic (exact) mass is 239 g/mol. The van der Waals surface area contributed by atoms with Gasteiger partial charge < -0.3 is 14.6 Å². The summed E-state index contributed by atoms with van der Waals surface area (Å²) in [7, 11) is 0. The molecule has 1 heterocycles. The Balaban J connectivity index is 2.40. The fraction of sp³-hybridized carbons (Fsp3) is 0.769. The number of aromatic nitrogens is 2. The van der Waals surface area contributed by atoms with Crippen molar-refractivity contribution in [3.8, 4) is 0 Å². The Hall–Kier alpha value is -1.03. The van der Waals surface area contributed by atoms with Crippen molar-refractivity contribution in [2.24, 2.45) is 0 Å². The van der Waals surface area contributed by atoms with Crippen LogP contribution >= 0.6 is 0 Å². The van der Waals surface area contributed by atoms with E-state index < -0.39 is 0 Å². The molecule has 1 rings (SSSR count). The first kappa shape index (κ1) is 14.0. The Morgan fingerprint density at radius 1 is 1.41 bits per heavy atom. The fourth-order valence-electron chi connectivity index (χ4n) is 1.60. The van der Waals surface area contributed by atoms with Crippen molar-refractivity contribution in [3.63, 3.8) is 0 Å². The molecule has 98 valence electrons. The van der Waals surface area contributed by atoms with E-state index in [1.165, 1.54) is 6.42 Å². The molecule has 0 aliphatic carbocycles. The minimum Gasteiger partial charge on any atom is -0.380 e. The molecule has 1 aromatic heterocycles. The molecule has 1 N–H and O–H groups in total. The maximum Gasteiger partial charge on any atom is 0.203 e. The van der Waals surface area contributed by atoms with Gasteiger partial charge in [0.15, 0.2) is 0 Å². The predicted octanol–water partition coefficient (Wildman–Crippen LogP) is 2.83. The van der Waals surface area contributed by atoms with Crippen LogP contribution in [0, 0.1) is 6.92 Å². The van der Waals surface area contributed by atoms with Crippen LogP contribution in [-0.2, 0) is 11.3 Å². The van der Waals surface area contributed by atoms with Gasteiger partial charge in [0.25, 0.3) is 0 Å². The van der Waals surface area contributed by atoms with E-state index >= 15 is 0 Å². The van der Waals surface area contributed by atoms with Gasteiger partial charge in [0, 0.05) is 25.4 Å². The molecule has 0 amide bonds. The van der Waals surface area contributed by atoms with Crippen molar-refractivity contribution in [2.75, 3.05) is 18.5 Å². The molecule has 4 heteroatoms. The van der Waals surface area contributed by atoms with Crippen LogP contribution in [0.1, 0.15) is 39.3 Å². The predicted molar refractivity (Wildman–Crippen MR) is 71.4 cm³/mol. The smallest absolute Gasteiger partial charge is 0.203 e. The Morgan fingerprint density at radius 3 is 2.82 bits per heavy atom. The van der Waals surface area contributed by atoms with E-state index in [4.69, 9.17) is 4.74 Å². The van der Waals surface area contributed by atoms with Gasteiger partial charge >= 0.3 is 0 Å². The molecule has 0 saturated heterocycles. The van der Waals surface area contributed by atoms with Crippen LogP contribution in [0.3, 0.4) is 0 Å². The van der Waals surface area contributed by atoms with Gasteiger partial charge in [-0.1, -0.05) is 13.3 Å². The van der Waals surface area contributed by atoms with E-state index in [9.17, 15) is 0 Å². The van der Waals surface area contributed by atoms with E-state index in [0.29, 0.717) is 6.04 Å². The highest BCUT2D eigenvalue weighted by Gasteiger charge is 2.06. The summed E-state index contributed by atoms with van der Waals surface area (Å²) >= 11 is 0. The zero-order valence-corrected chi connectivity index (χ0v) is 11.5. The lowest BCUT2D eigenvalue weighted by Gasteiger charge is -2.12. The fourth-order valence-corrected chi connectivity index (χ4v) is 1.60. The lowest BCUT2D eigenvalue weighted by Crippen LogP contribution is -2.16. The maximum atomic E-state index is 5.57. The molecule has 0 saturated carbocycles. The van der Waals surface area contributed by atoms with Gasteiger partial charge in [-0.25, -0.2) is 4.98 Å². The van der Waals surface area contributed by atoms with Gasteiger partial charge in [-0.05, 0) is 27.2 Å². The van der Waals surface area contributed by atoms with Crippen molar-refractivity contribution in [1.82, 2.24) is 9.55 Å². The van der Waals surface area contributed by atoms with Gasteiger partial charge in [-0.3, -0.25) is 0 Å². The van der Waals surface area contributed by atoms with Gasteiger partial charge in [0.2, 0.25) is 5.95 Å². The van der Waals surface area contributed by atoms with Gasteiger partial charge in [0.1, 0.15) is 0 Å². The number of unbranched alkanes of at least 4 members (excludes halogenated alkanes) is 1. The average Bonchev–Trinajstić information content (AvgIpc) is 2.58. The molecule has 0 aliphatic heterocycles. The summed E-state index contributed by atoms with van der Waals surface area (Å²) in [6.45, 7) is 10.9. The third kappa shape index (κ3) is 5.22. The molecular formula is C13H25N3O. The normalized spacial score (nSPS) is 11.1. The van der Waals surface area contributed by atoms with Crippen LogP contribution in [0.15, 0.2) is 6.20 Å². The highest BCUT2D eigenvalue weighted by Crippen LogP contribution is 2.09. The van der Waals surface area contributed by atoms with E-state index in [1.807, 2.05) is 6.92 Å². The van der Waals surface area contributed by atoms with Crippen molar-refractivity contribution >= 4 is 5.95 Å². The highest BCUT2D eigenvalue weighted by atomic mass is 16.5. The van der Waals surface area contributed by atoms with Crippen molar-refractivity contribution in [3.05, 3.63) is 11.9 Å². The molecule has 0 aromatic carbocycles. The summed E-state index contributed by atoms with van der Waals surface area (Å²) in [4.78, 5) is 4.46. The second-order valence-corrected chi connectivity index (χ2v) is 4.66. The topological polar surface area (TPSA) is 39.1 Å². The van der Waals surface area contributed by atoms with E-state index in [0.717, 1.165) is 37.8 Å². The molecule has 0 bridgehead atoms. The lowest BCUT2D eigenvalue weighted by molar-refractivity contribution is 0.124. The minimum absolute atomic E-state index is 0.400. The van der Waals surface area contributed by atoms with Crippen LogP contribution in [0.25, 0.3) is 0 Å². The average molecular weight is 239 g/mol. The SMILES string of the molecule is CCCCOCCn1cc(C)nc1NC(C)C. The number of nitrogens with one attached hydrogen (secondary N) is 1. The van der Waals surface area contributed by atoms with Gasteiger partial charge in [-0.15, -0.1) is 0 Å². The molecular weight excluding hydrogens is 214 g/mol. The Kier molecular flexibility index (Phi) is 6.05. The number of hydrogen-bond donors (Lipinski definition) is 1. The quantitative estimate of drug-likeness (QED) is 0.709. The molecule has 0 spiro atoms. The summed E-state index contributed by atoms with van der Waals surface area (Å²) in [5.74, 6) is 0.941. The minimum atomic E-state index is 0.400. The summed E-state index contributed by atoms with van der Waals surface area (Å²) in [5.41, 5.74) is 1.04. The van der Waals surface area contributed by atoms with Crippen LogP contribution in [-0.4, -0.2) is 28.8 Å². The number of ether oxygens (including phenoxy) is 1. The molecule has 0 aliphatic rings. The number of imidazole rings is 1. The van der Waals surface area contributed by atoms with E-state index in [1.54, 1.807) is 0 Å². The number of aryl methyl sites for hydroxylation is 1. The molecule has 4 nitrogen and oxygen atoms in total. The van der Waals surface area contributed by atoms with E-state index in [2.05, 4.69) is 41.8 Å². The first-order chi connectivity index (χ1) is 8.13. The lowest BCUT2D eigenvalue weighted by atomic mass is 10.4. The van der Waals surface area contributed by atoms with E-state index in [-0.39, 0.29) is 0 Å². The summed E-state index contributed by atoms with van der Waals surface area (Å²) in [6.07, 6.45) is 4.39. The second-order valence-electron chi connectivity index (χ2n) is 4.66. The van der Waals surface area contributed by atoms with Crippen molar-refractivity contribution < 1.29 is 4.74 Å². The van der Waals surface area contributed by atoms with Crippen molar-refractivity contribution in [1.29, 1.82) is 0 Å². The van der Waals surface area contributed by atoms with Gasteiger partial charge in [0.05, 0.1) is 12.3 Å². The second kappa shape index (κ2) is 7.33. The maximum absolute atomic E-state index is 5.57. The summed E-state index contributed by atoms with van der Waals surface area (Å²) in [6, 6.07) is 0.400. The first-order valence-electron chi connectivity index (χ1n) is 6.51. The number of rotatable bonds is 8. The largest absolute Gasteiger partial charge is 0.380 e. The Labute approximate surface area is 104 Å². The Bertz CT molecular complexity index is 320. The molecule has 0 atom stereocenters. The number of nitrogens with zero attached hydrogens (tertiary/aromatic N) is 2. The molecule has 0 fully saturated rings. The van der Waals surface area contributed by atoms with Crippen LogP contribution in [0.2, 0.25) is 0 Å². The summed E-state index contributed by atoms with van der Waals surface area (Å²) in [5, 5.41) is 3.34. The third-order valence-corrected chi connectivity index (χ3v) is 2.43.